The van der Waals surface area contributed by atoms with Crippen LogP contribution in [0.4, 0.5) is 0 Å². The Morgan fingerprint density at radius 3 is 2.48 bits per heavy atom. The van der Waals surface area contributed by atoms with Crippen molar-refractivity contribution in [2.45, 2.75) is 13.3 Å². The van der Waals surface area contributed by atoms with Gasteiger partial charge in [0.15, 0.2) is 0 Å². The Kier molecular flexibility index (Phi) is 3.79. The van der Waals surface area contributed by atoms with Gasteiger partial charge in [0, 0.05) is 28.8 Å². The Labute approximate surface area is 159 Å². The number of nitrogens with zero attached hydrogens (tertiary/aromatic N) is 1. The van der Waals surface area contributed by atoms with Gasteiger partial charge in [-0.2, -0.15) is 0 Å². The monoisotopic (exact) mass is 347 g/mol. The van der Waals surface area contributed by atoms with Crippen LogP contribution in [-0.4, -0.2) is 4.57 Å². The third kappa shape index (κ3) is 2.72. The first-order chi connectivity index (χ1) is 13.3. The minimum atomic E-state index is 0.941. The largest absolute Gasteiger partial charge is 0.313 e. The third-order valence-corrected chi connectivity index (χ3v) is 5.31. The molecule has 0 atom stereocenters. The number of aryl methyl sites for hydroxylation is 1. The van der Waals surface area contributed by atoms with Crippen molar-refractivity contribution in [3.05, 3.63) is 108 Å². The van der Waals surface area contributed by atoms with Gasteiger partial charge in [-0.1, -0.05) is 84.5 Å². The molecule has 0 fully saturated rings. The van der Waals surface area contributed by atoms with Gasteiger partial charge in [0.2, 0.25) is 0 Å². The molecule has 0 N–H and O–H groups in total. The normalized spacial score (nSPS) is 12.9. The lowest BCUT2D eigenvalue weighted by atomic mass is 10.0. The average Bonchev–Trinajstić information content (AvgIpc) is 2.84. The van der Waals surface area contributed by atoms with Crippen LogP contribution in [0.15, 0.2) is 91.0 Å². The quantitative estimate of drug-likeness (QED) is 0.379. The molecular weight excluding hydrogens is 326 g/mol. The van der Waals surface area contributed by atoms with Crippen molar-refractivity contribution in [3.63, 3.8) is 0 Å². The van der Waals surface area contributed by atoms with E-state index in [1.807, 2.05) is 0 Å². The molecule has 1 aliphatic carbocycles. The molecule has 0 saturated heterocycles. The number of benzene rings is 3. The van der Waals surface area contributed by atoms with Crippen LogP contribution in [0, 0.1) is 6.92 Å². The molecule has 1 aromatic heterocycles. The summed E-state index contributed by atoms with van der Waals surface area (Å²) in [5.74, 6) is 0. The molecule has 1 heterocycles. The first-order valence-electron chi connectivity index (χ1n) is 9.44. The maximum Gasteiger partial charge on any atom is 0.0537 e. The first kappa shape index (κ1) is 15.9. The van der Waals surface area contributed by atoms with E-state index >= 15 is 0 Å². The van der Waals surface area contributed by atoms with Crippen molar-refractivity contribution in [2.75, 3.05) is 0 Å². The summed E-state index contributed by atoms with van der Waals surface area (Å²) in [6.07, 6.45) is 9.69. The number of rotatable bonds is 2. The lowest BCUT2D eigenvalue weighted by Crippen LogP contribution is -2.00. The van der Waals surface area contributed by atoms with Crippen LogP contribution < -0.4 is 0 Å². The summed E-state index contributed by atoms with van der Waals surface area (Å²) in [5.41, 5.74) is 8.98. The molecule has 1 aliphatic rings. The van der Waals surface area contributed by atoms with E-state index < -0.39 is 0 Å². The van der Waals surface area contributed by atoms with E-state index in [2.05, 4.69) is 109 Å². The van der Waals surface area contributed by atoms with E-state index in [1.54, 1.807) is 0 Å². The molecule has 5 rings (SSSR count). The minimum Gasteiger partial charge on any atom is -0.313 e. The summed E-state index contributed by atoms with van der Waals surface area (Å²) in [4.78, 5) is 0. The molecular formula is C26H21N. The number of hydrogen-bond donors (Lipinski definition) is 0. The fourth-order valence-corrected chi connectivity index (χ4v) is 4.04. The molecule has 0 aliphatic heterocycles. The van der Waals surface area contributed by atoms with E-state index in [0.29, 0.717) is 0 Å². The molecule has 4 aromatic rings. The Morgan fingerprint density at radius 1 is 0.778 bits per heavy atom. The molecule has 27 heavy (non-hydrogen) atoms. The minimum absolute atomic E-state index is 0.941. The van der Waals surface area contributed by atoms with Gasteiger partial charge < -0.3 is 4.57 Å². The van der Waals surface area contributed by atoms with Crippen LogP contribution in [-0.2, 0) is 6.42 Å². The van der Waals surface area contributed by atoms with Crippen LogP contribution in [0.2, 0.25) is 0 Å². The molecule has 130 valence electrons. The second kappa shape index (κ2) is 6.44. The Hall–Kier alpha value is -3.32. The molecule has 0 bridgehead atoms. The number of aromatic nitrogens is 1. The van der Waals surface area contributed by atoms with Crippen LogP contribution in [0.25, 0.3) is 33.8 Å². The van der Waals surface area contributed by atoms with Gasteiger partial charge in [0.05, 0.1) is 5.52 Å². The highest BCUT2D eigenvalue weighted by Crippen LogP contribution is 2.33. The topological polar surface area (TPSA) is 4.93 Å². The Bertz CT molecular complexity index is 1190. The fourth-order valence-electron chi connectivity index (χ4n) is 4.04. The summed E-state index contributed by atoms with van der Waals surface area (Å²) >= 11 is 0. The highest BCUT2D eigenvalue weighted by atomic mass is 15.0. The highest BCUT2D eigenvalue weighted by molar-refractivity contribution is 5.93. The van der Waals surface area contributed by atoms with Crippen LogP contribution in [0.1, 0.15) is 16.8 Å². The van der Waals surface area contributed by atoms with Gasteiger partial charge >= 0.3 is 0 Å². The zero-order chi connectivity index (χ0) is 18.2. The van der Waals surface area contributed by atoms with E-state index in [-0.39, 0.29) is 0 Å². The molecule has 3 aromatic carbocycles. The van der Waals surface area contributed by atoms with Gasteiger partial charge in [-0.3, -0.25) is 0 Å². The van der Waals surface area contributed by atoms with Crippen molar-refractivity contribution >= 4 is 17.0 Å². The van der Waals surface area contributed by atoms with Gasteiger partial charge in [0.1, 0.15) is 0 Å². The SMILES string of the molecule is Cc1cccc(-c2ccc(-n3c4c(c5ccccc53)C=CC=CC4)cc2)c1. The summed E-state index contributed by atoms with van der Waals surface area (Å²) in [6, 6.07) is 26.3. The molecule has 0 spiro atoms. The lowest BCUT2D eigenvalue weighted by molar-refractivity contribution is 1.00. The van der Waals surface area contributed by atoms with Gasteiger partial charge in [-0.15, -0.1) is 0 Å². The predicted octanol–water partition coefficient (Wildman–Crippen LogP) is 6.73. The Morgan fingerprint density at radius 2 is 1.63 bits per heavy atom. The van der Waals surface area contributed by atoms with Gasteiger partial charge in [-0.05, 0) is 36.2 Å². The molecule has 1 heteroatoms. The van der Waals surface area contributed by atoms with Crippen molar-refractivity contribution in [1.29, 1.82) is 0 Å². The second-order valence-corrected chi connectivity index (χ2v) is 7.12. The standard InChI is InChI=1S/C26H21N/c1-19-8-7-9-21(18-19)20-14-16-22(17-15-20)27-25-12-4-2-3-10-23(25)24-11-5-6-13-26(24)27/h2-11,13-18H,12H2,1H3. The summed E-state index contributed by atoms with van der Waals surface area (Å²) in [7, 11) is 0. The predicted molar refractivity (Wildman–Crippen MR) is 115 cm³/mol. The smallest absolute Gasteiger partial charge is 0.0537 e. The molecule has 0 unspecified atom stereocenters. The van der Waals surface area contributed by atoms with E-state index in [1.165, 1.54) is 44.5 Å². The Balaban J connectivity index is 1.67. The number of fused-ring (bicyclic) bond motifs is 3. The van der Waals surface area contributed by atoms with Crippen molar-refractivity contribution < 1.29 is 0 Å². The maximum absolute atomic E-state index is 2.41. The van der Waals surface area contributed by atoms with E-state index in [9.17, 15) is 0 Å². The van der Waals surface area contributed by atoms with Gasteiger partial charge in [-0.25, -0.2) is 0 Å². The summed E-state index contributed by atoms with van der Waals surface area (Å²) in [5, 5.41) is 1.32. The fraction of sp³-hybridized carbons (Fsp3) is 0.0769. The van der Waals surface area contributed by atoms with Crippen molar-refractivity contribution in [3.8, 4) is 16.8 Å². The molecule has 0 saturated carbocycles. The number of para-hydroxylation sites is 1. The van der Waals surface area contributed by atoms with Crippen molar-refractivity contribution in [2.24, 2.45) is 0 Å². The maximum atomic E-state index is 2.41. The second-order valence-electron chi connectivity index (χ2n) is 7.12. The number of allylic oxidation sites excluding steroid dienone is 3. The van der Waals surface area contributed by atoms with Crippen molar-refractivity contribution in [1.82, 2.24) is 4.57 Å². The zero-order valence-corrected chi connectivity index (χ0v) is 15.4. The van der Waals surface area contributed by atoms with Crippen LogP contribution in [0.5, 0.6) is 0 Å². The highest BCUT2D eigenvalue weighted by Gasteiger charge is 2.16. The zero-order valence-electron chi connectivity index (χ0n) is 15.4. The van der Waals surface area contributed by atoms with Crippen LogP contribution >= 0.6 is 0 Å². The average molecular weight is 347 g/mol. The number of hydrogen-bond acceptors (Lipinski definition) is 0. The van der Waals surface area contributed by atoms with E-state index in [4.69, 9.17) is 0 Å². The first-order valence-corrected chi connectivity index (χ1v) is 9.44. The van der Waals surface area contributed by atoms with Gasteiger partial charge in [0.25, 0.3) is 0 Å². The molecule has 0 radical (unpaired) electrons. The summed E-state index contributed by atoms with van der Waals surface area (Å²) in [6.45, 7) is 2.14. The molecule has 1 nitrogen and oxygen atoms in total. The molecule has 0 amide bonds. The summed E-state index contributed by atoms with van der Waals surface area (Å²) < 4.78 is 2.41. The van der Waals surface area contributed by atoms with Crippen LogP contribution in [0.3, 0.4) is 0 Å². The van der Waals surface area contributed by atoms with E-state index in [0.717, 1.165) is 6.42 Å². The third-order valence-electron chi connectivity index (χ3n) is 5.31. The lowest BCUT2D eigenvalue weighted by Gasteiger charge is -2.12.